The summed E-state index contributed by atoms with van der Waals surface area (Å²) in [5.74, 6) is -1.78. The fourth-order valence-electron chi connectivity index (χ4n) is 7.95. The lowest BCUT2D eigenvalue weighted by molar-refractivity contribution is -0.0382. The molecule has 0 aromatic carbocycles. The number of β-amino-alcohol motifs (C(OH)–C–C–N with tert-alkyl or cyclic N) is 3. The Morgan fingerprint density at radius 2 is 0.619 bits per heavy atom. The Hall–Kier alpha value is -0.450. The van der Waals surface area contributed by atoms with Crippen molar-refractivity contribution in [2.24, 2.45) is 35.5 Å². The normalized spacial score (nSPS) is 22.5. The maximum absolute atomic E-state index is 15.1. The van der Waals surface area contributed by atoms with Crippen LogP contribution >= 0.6 is 0 Å². The highest BCUT2D eigenvalue weighted by Gasteiger charge is 2.41. The molecule has 0 spiro atoms. The van der Waals surface area contributed by atoms with Gasteiger partial charge in [0, 0.05) is 76.7 Å². The maximum atomic E-state index is 15.1. The molecule has 1 aliphatic rings. The summed E-state index contributed by atoms with van der Waals surface area (Å²) in [6.07, 6.45) is -2.63. The van der Waals surface area contributed by atoms with E-state index in [0.29, 0.717) is 58.9 Å². The molecule has 6 unspecified atom stereocenters. The molecule has 6 atom stereocenters. The molecule has 42 heavy (non-hydrogen) atoms. The van der Waals surface area contributed by atoms with Crippen LogP contribution in [0.5, 0.6) is 0 Å². The van der Waals surface area contributed by atoms with E-state index in [2.05, 4.69) is 14.7 Å². The van der Waals surface area contributed by atoms with Crippen molar-refractivity contribution in [2.75, 3.05) is 58.9 Å². The van der Waals surface area contributed by atoms with Crippen LogP contribution in [0.4, 0.5) is 13.2 Å². The van der Waals surface area contributed by atoms with Crippen molar-refractivity contribution in [3.8, 4) is 0 Å². The third-order valence-corrected chi connectivity index (χ3v) is 9.31. The minimum Gasteiger partial charge on any atom is -0.391 e. The Kier molecular flexibility index (Phi) is 15.3. The molecule has 3 N–H and O–H groups in total. The number of halogens is 3. The van der Waals surface area contributed by atoms with E-state index in [-0.39, 0.29) is 17.8 Å². The molecule has 6 nitrogen and oxygen atoms in total. The van der Waals surface area contributed by atoms with Crippen LogP contribution in [0.3, 0.4) is 0 Å². The summed E-state index contributed by atoms with van der Waals surface area (Å²) in [4.78, 5) is 6.36. The van der Waals surface area contributed by atoms with Gasteiger partial charge in [-0.3, -0.25) is 14.7 Å². The lowest BCUT2D eigenvalue weighted by Gasteiger charge is -2.38. The van der Waals surface area contributed by atoms with Gasteiger partial charge >= 0.3 is 0 Å². The highest BCUT2D eigenvalue weighted by atomic mass is 19.2. The smallest absolute Gasteiger partial charge is 0.111 e. The fraction of sp³-hybridized carbons (Fsp3) is 1.00. The summed E-state index contributed by atoms with van der Waals surface area (Å²) in [7, 11) is 0. The lowest BCUT2D eigenvalue weighted by atomic mass is 9.79. The molecule has 0 saturated carbocycles. The number of rotatable bonds is 15. The first-order chi connectivity index (χ1) is 19.0. The monoisotopic (exact) mass is 610 g/mol. The number of nitrogens with zero attached hydrogens (tertiary/aromatic N) is 3. The molecule has 0 bridgehead atoms. The van der Waals surface area contributed by atoms with E-state index < -0.39 is 53.1 Å². The van der Waals surface area contributed by atoms with Crippen molar-refractivity contribution in [3.05, 3.63) is 0 Å². The van der Waals surface area contributed by atoms with Gasteiger partial charge in [0.1, 0.15) is 17.0 Å². The standard InChI is InChI=1S/C33H66F3N3O3/c1-22(2)28(31(7,8)34)25(40)19-37-13-15-38(20-26(41)29(23(3)4)32(9,10)35)17-18-39(16-14-37)21-27(42)30(24(5)6)33(11,12)36/h22-30,40-42H,13-21H2,1-12H3. The van der Waals surface area contributed by atoms with Gasteiger partial charge in [0.25, 0.3) is 0 Å². The van der Waals surface area contributed by atoms with Crippen molar-refractivity contribution in [1.29, 1.82) is 0 Å². The van der Waals surface area contributed by atoms with E-state index in [1.54, 1.807) is 0 Å². The van der Waals surface area contributed by atoms with E-state index in [9.17, 15) is 15.3 Å². The summed E-state index contributed by atoms with van der Waals surface area (Å²) in [5.41, 5.74) is -4.64. The zero-order valence-electron chi connectivity index (χ0n) is 28.9. The lowest BCUT2D eigenvalue weighted by Crippen LogP contribution is -2.49. The highest BCUT2D eigenvalue weighted by molar-refractivity contribution is 4.91. The van der Waals surface area contributed by atoms with Gasteiger partial charge < -0.3 is 15.3 Å². The molecule has 0 amide bonds. The summed E-state index contributed by atoms with van der Waals surface area (Å²) >= 11 is 0. The van der Waals surface area contributed by atoms with Crippen LogP contribution in [0.15, 0.2) is 0 Å². The molecule has 0 aromatic heterocycles. The third-order valence-electron chi connectivity index (χ3n) is 9.31. The Balaban J connectivity index is 3.24. The molecule has 1 fully saturated rings. The predicted octanol–water partition coefficient (Wildman–Crippen LogP) is 5.05. The number of hydrogen-bond donors (Lipinski definition) is 3. The van der Waals surface area contributed by atoms with Gasteiger partial charge in [-0.15, -0.1) is 0 Å². The number of aliphatic hydroxyl groups is 3. The van der Waals surface area contributed by atoms with Crippen LogP contribution in [-0.4, -0.2) is 124 Å². The molecular formula is C33H66F3N3O3. The van der Waals surface area contributed by atoms with Gasteiger partial charge in [-0.1, -0.05) is 41.5 Å². The minimum absolute atomic E-state index is 0.0510. The molecular weight excluding hydrogens is 543 g/mol. The largest absolute Gasteiger partial charge is 0.391 e. The third kappa shape index (κ3) is 12.5. The van der Waals surface area contributed by atoms with Crippen molar-refractivity contribution in [3.63, 3.8) is 0 Å². The Labute approximate surface area is 256 Å². The van der Waals surface area contributed by atoms with Gasteiger partial charge in [-0.05, 0) is 59.3 Å². The van der Waals surface area contributed by atoms with Crippen LogP contribution in [0.2, 0.25) is 0 Å². The molecule has 1 aliphatic heterocycles. The first-order valence-electron chi connectivity index (χ1n) is 16.2. The highest BCUT2D eigenvalue weighted by Crippen LogP contribution is 2.34. The van der Waals surface area contributed by atoms with Gasteiger partial charge in [0.15, 0.2) is 0 Å². The summed E-state index contributed by atoms with van der Waals surface area (Å²) < 4.78 is 45.3. The zero-order valence-corrected chi connectivity index (χ0v) is 28.9. The van der Waals surface area contributed by atoms with E-state index in [1.165, 1.54) is 41.5 Å². The van der Waals surface area contributed by atoms with Gasteiger partial charge in [0.05, 0.1) is 18.3 Å². The minimum atomic E-state index is -1.55. The Bertz CT molecular complexity index is 653. The van der Waals surface area contributed by atoms with Crippen molar-refractivity contribution < 1.29 is 28.5 Å². The van der Waals surface area contributed by atoms with Gasteiger partial charge in [-0.2, -0.15) is 0 Å². The van der Waals surface area contributed by atoms with Crippen LogP contribution in [-0.2, 0) is 0 Å². The van der Waals surface area contributed by atoms with Crippen molar-refractivity contribution >= 4 is 0 Å². The first kappa shape index (κ1) is 39.6. The summed E-state index contributed by atoms with van der Waals surface area (Å²) in [6, 6.07) is 0. The van der Waals surface area contributed by atoms with E-state index in [1.807, 2.05) is 41.5 Å². The van der Waals surface area contributed by atoms with Crippen LogP contribution in [0, 0.1) is 35.5 Å². The van der Waals surface area contributed by atoms with Crippen molar-refractivity contribution in [1.82, 2.24) is 14.7 Å². The second-order valence-electron chi connectivity index (χ2n) is 15.6. The predicted molar refractivity (Wildman–Crippen MR) is 168 cm³/mol. The molecule has 1 heterocycles. The summed E-state index contributed by atoms with van der Waals surface area (Å²) in [5, 5.41) is 33.6. The molecule has 9 heteroatoms. The fourth-order valence-corrected chi connectivity index (χ4v) is 7.95. The van der Waals surface area contributed by atoms with E-state index >= 15 is 13.2 Å². The van der Waals surface area contributed by atoms with Gasteiger partial charge in [-0.25, -0.2) is 13.2 Å². The molecule has 252 valence electrons. The van der Waals surface area contributed by atoms with Crippen LogP contribution in [0.1, 0.15) is 83.1 Å². The van der Waals surface area contributed by atoms with E-state index in [4.69, 9.17) is 0 Å². The Morgan fingerprint density at radius 1 is 0.452 bits per heavy atom. The van der Waals surface area contributed by atoms with Gasteiger partial charge in [0.2, 0.25) is 0 Å². The van der Waals surface area contributed by atoms with E-state index in [0.717, 1.165) is 0 Å². The average molecular weight is 610 g/mol. The molecule has 0 aromatic rings. The maximum Gasteiger partial charge on any atom is 0.111 e. The number of hydrogen-bond acceptors (Lipinski definition) is 6. The zero-order chi connectivity index (χ0) is 32.8. The second kappa shape index (κ2) is 16.2. The van der Waals surface area contributed by atoms with Crippen LogP contribution < -0.4 is 0 Å². The Morgan fingerprint density at radius 3 is 0.738 bits per heavy atom. The topological polar surface area (TPSA) is 70.4 Å². The first-order valence-corrected chi connectivity index (χ1v) is 16.2. The molecule has 1 saturated heterocycles. The number of aliphatic hydroxyl groups excluding tert-OH is 3. The molecule has 1 rings (SSSR count). The molecule has 0 aliphatic carbocycles. The quantitative estimate of drug-likeness (QED) is 0.242. The second-order valence-corrected chi connectivity index (χ2v) is 15.6. The summed E-state index contributed by atoms with van der Waals surface area (Å²) in [6.45, 7) is 25.1. The number of alkyl halides is 3. The van der Waals surface area contributed by atoms with Crippen molar-refractivity contribution in [2.45, 2.75) is 118 Å². The molecule has 0 radical (unpaired) electrons. The SMILES string of the molecule is CC(C)C(C(O)CN1CCN(CC(O)C(C(C)C)C(C)(C)F)CCN(CC(O)C(C(C)C)C(C)(C)F)CC1)C(C)(C)F. The average Bonchev–Trinajstić information content (AvgIpc) is 2.81. The van der Waals surface area contributed by atoms with Crippen LogP contribution in [0.25, 0.3) is 0 Å².